The summed E-state index contributed by atoms with van der Waals surface area (Å²) < 4.78 is 4.68. The highest BCUT2D eigenvalue weighted by Gasteiger charge is 2.61. The van der Waals surface area contributed by atoms with E-state index in [0.717, 1.165) is 6.42 Å². The minimum absolute atomic E-state index is 0.164. The van der Waals surface area contributed by atoms with E-state index in [0.29, 0.717) is 5.92 Å². The first kappa shape index (κ1) is 8.21. The van der Waals surface area contributed by atoms with Gasteiger partial charge in [0.2, 0.25) is 0 Å². The molecule has 0 radical (unpaired) electrons. The van der Waals surface area contributed by atoms with Crippen molar-refractivity contribution in [3.05, 3.63) is 12.2 Å². The second-order valence-corrected chi connectivity index (χ2v) is 4.40. The van der Waals surface area contributed by atoms with Crippen LogP contribution >= 0.6 is 0 Å². The molecule has 4 unspecified atom stereocenters. The third kappa shape index (κ3) is 0.740. The van der Waals surface area contributed by atoms with E-state index in [2.05, 4.69) is 23.8 Å². The number of cyclic esters (lactones) is 2. The van der Waals surface area contributed by atoms with Crippen molar-refractivity contribution in [3.63, 3.8) is 0 Å². The SMILES string of the molecule is CCC1C2C=CC1C1C(=O)OC(=O)C21. The molecule has 14 heavy (non-hydrogen) atoms. The van der Waals surface area contributed by atoms with Gasteiger partial charge in [-0.2, -0.15) is 0 Å². The molecule has 0 N–H and O–H groups in total. The second-order valence-electron chi connectivity index (χ2n) is 4.40. The largest absolute Gasteiger partial charge is 0.393 e. The first-order valence-corrected chi connectivity index (χ1v) is 5.18. The molecule has 0 aromatic rings. The van der Waals surface area contributed by atoms with Crippen LogP contribution in [0.25, 0.3) is 0 Å². The third-order valence-corrected chi connectivity index (χ3v) is 3.98. The summed E-state index contributed by atoms with van der Waals surface area (Å²) in [5.74, 6) is 0.0835. The zero-order valence-corrected chi connectivity index (χ0v) is 7.97. The first-order chi connectivity index (χ1) is 6.74. The molecule has 0 amide bonds. The summed E-state index contributed by atoms with van der Waals surface area (Å²) in [7, 11) is 0. The molecule has 0 aromatic heterocycles. The van der Waals surface area contributed by atoms with Gasteiger partial charge in [0.15, 0.2) is 0 Å². The summed E-state index contributed by atoms with van der Waals surface area (Å²) in [4.78, 5) is 22.9. The van der Waals surface area contributed by atoms with E-state index in [9.17, 15) is 9.59 Å². The Balaban J connectivity index is 2.03. The van der Waals surface area contributed by atoms with Crippen LogP contribution in [0.2, 0.25) is 0 Å². The van der Waals surface area contributed by atoms with Gasteiger partial charge in [-0.15, -0.1) is 0 Å². The van der Waals surface area contributed by atoms with Crippen LogP contribution in [0, 0.1) is 29.6 Å². The zero-order chi connectivity index (χ0) is 9.87. The van der Waals surface area contributed by atoms with Crippen LogP contribution < -0.4 is 0 Å². The summed E-state index contributed by atoms with van der Waals surface area (Å²) in [6, 6.07) is 0. The minimum atomic E-state index is -0.296. The topological polar surface area (TPSA) is 43.4 Å². The first-order valence-electron chi connectivity index (χ1n) is 5.18. The van der Waals surface area contributed by atoms with E-state index in [4.69, 9.17) is 0 Å². The Morgan fingerprint density at radius 2 is 1.64 bits per heavy atom. The molecule has 0 aromatic carbocycles. The van der Waals surface area contributed by atoms with Crippen molar-refractivity contribution in [2.45, 2.75) is 13.3 Å². The molecule has 3 aliphatic rings. The van der Waals surface area contributed by atoms with Crippen LogP contribution in [0.5, 0.6) is 0 Å². The van der Waals surface area contributed by atoms with E-state index < -0.39 is 0 Å². The summed E-state index contributed by atoms with van der Waals surface area (Å²) in [6.07, 6.45) is 5.23. The number of hydrogen-bond acceptors (Lipinski definition) is 3. The molecule has 1 heterocycles. The van der Waals surface area contributed by atoms with Crippen molar-refractivity contribution in [1.29, 1.82) is 0 Å². The van der Waals surface area contributed by atoms with Crippen molar-refractivity contribution in [2.24, 2.45) is 29.6 Å². The van der Waals surface area contributed by atoms with Crippen LogP contribution in [-0.4, -0.2) is 11.9 Å². The molecule has 4 atom stereocenters. The number of rotatable bonds is 1. The summed E-state index contributed by atoms with van der Waals surface area (Å²) in [5.41, 5.74) is 0. The molecule has 1 saturated carbocycles. The maximum Gasteiger partial charge on any atom is 0.318 e. The molecule has 74 valence electrons. The standard InChI is InChI=1S/C11H12O3/c1-2-5-6-3-4-7(5)9-8(6)10(12)14-11(9)13/h3-9H,2H2,1H3. The van der Waals surface area contributed by atoms with E-state index in [1.165, 1.54) is 0 Å². The number of ether oxygens (including phenoxy) is 1. The Kier molecular flexibility index (Phi) is 1.45. The lowest BCUT2D eigenvalue weighted by molar-refractivity contribution is -0.155. The monoisotopic (exact) mass is 192 g/mol. The second kappa shape index (κ2) is 2.47. The highest BCUT2D eigenvalue weighted by molar-refractivity contribution is 5.98. The van der Waals surface area contributed by atoms with Crippen molar-refractivity contribution >= 4 is 11.9 Å². The van der Waals surface area contributed by atoms with Gasteiger partial charge in [0.25, 0.3) is 0 Å². The Bertz CT molecular complexity index is 314. The van der Waals surface area contributed by atoms with Gasteiger partial charge in [0.1, 0.15) is 0 Å². The molecular formula is C11H12O3. The van der Waals surface area contributed by atoms with Gasteiger partial charge in [-0.25, -0.2) is 0 Å². The minimum Gasteiger partial charge on any atom is -0.393 e. The predicted octanol–water partition coefficient (Wildman–Crippen LogP) is 1.14. The summed E-state index contributed by atoms with van der Waals surface area (Å²) in [6.45, 7) is 2.12. The number of esters is 2. The highest BCUT2D eigenvalue weighted by atomic mass is 16.6. The average Bonchev–Trinajstić information content (AvgIpc) is 2.77. The quantitative estimate of drug-likeness (QED) is 0.355. The lowest BCUT2D eigenvalue weighted by Crippen LogP contribution is -2.21. The Labute approximate surface area is 82.1 Å². The van der Waals surface area contributed by atoms with Crippen molar-refractivity contribution in [2.75, 3.05) is 0 Å². The highest BCUT2D eigenvalue weighted by Crippen LogP contribution is 2.56. The summed E-state index contributed by atoms with van der Waals surface area (Å²) in [5, 5.41) is 0. The molecule has 2 fully saturated rings. The third-order valence-electron chi connectivity index (χ3n) is 3.98. The Hall–Kier alpha value is -1.12. The molecule has 3 rings (SSSR count). The van der Waals surface area contributed by atoms with E-state index >= 15 is 0 Å². The van der Waals surface area contributed by atoms with Crippen molar-refractivity contribution in [3.8, 4) is 0 Å². The van der Waals surface area contributed by atoms with Crippen LogP contribution in [0.15, 0.2) is 12.2 Å². The van der Waals surface area contributed by atoms with Gasteiger partial charge in [-0.1, -0.05) is 25.5 Å². The zero-order valence-electron chi connectivity index (χ0n) is 7.97. The fourth-order valence-corrected chi connectivity index (χ4v) is 3.44. The number of carbonyl (C=O) groups is 2. The normalized spacial score (nSPS) is 48.5. The van der Waals surface area contributed by atoms with Crippen LogP contribution in [0.1, 0.15) is 13.3 Å². The van der Waals surface area contributed by atoms with Crippen LogP contribution in [-0.2, 0) is 14.3 Å². The average molecular weight is 192 g/mol. The van der Waals surface area contributed by atoms with E-state index in [1.54, 1.807) is 0 Å². The van der Waals surface area contributed by atoms with E-state index in [1.807, 2.05) is 0 Å². The lowest BCUT2D eigenvalue weighted by atomic mass is 9.85. The van der Waals surface area contributed by atoms with Gasteiger partial charge >= 0.3 is 11.9 Å². The van der Waals surface area contributed by atoms with Gasteiger partial charge < -0.3 is 4.74 Å². The number of hydrogen-bond donors (Lipinski definition) is 0. The van der Waals surface area contributed by atoms with Gasteiger partial charge in [0, 0.05) is 0 Å². The number of allylic oxidation sites excluding steroid dienone is 2. The molecule has 2 aliphatic carbocycles. The summed E-state index contributed by atoms with van der Waals surface area (Å²) >= 11 is 0. The molecule has 0 spiro atoms. The molecule has 1 saturated heterocycles. The molecule has 3 nitrogen and oxygen atoms in total. The fourth-order valence-electron chi connectivity index (χ4n) is 3.44. The molecule has 3 heteroatoms. The van der Waals surface area contributed by atoms with Crippen molar-refractivity contribution in [1.82, 2.24) is 0 Å². The number of carbonyl (C=O) groups excluding carboxylic acids is 2. The van der Waals surface area contributed by atoms with Crippen molar-refractivity contribution < 1.29 is 14.3 Å². The predicted molar refractivity (Wildman–Crippen MR) is 48.0 cm³/mol. The molecular weight excluding hydrogens is 180 g/mol. The van der Waals surface area contributed by atoms with Crippen LogP contribution in [0.4, 0.5) is 0 Å². The molecule has 2 bridgehead atoms. The fraction of sp³-hybridized carbons (Fsp3) is 0.636. The maximum atomic E-state index is 11.4. The van der Waals surface area contributed by atoms with Crippen LogP contribution in [0.3, 0.4) is 0 Å². The lowest BCUT2D eigenvalue weighted by Gasteiger charge is -2.14. The Morgan fingerprint density at radius 3 is 2.07 bits per heavy atom. The van der Waals surface area contributed by atoms with Gasteiger partial charge in [-0.05, 0) is 17.8 Å². The number of fused-ring (bicyclic) bond motifs is 5. The van der Waals surface area contributed by atoms with E-state index in [-0.39, 0.29) is 35.6 Å². The smallest absolute Gasteiger partial charge is 0.318 e. The van der Waals surface area contributed by atoms with Gasteiger partial charge in [0.05, 0.1) is 11.8 Å². The Morgan fingerprint density at radius 1 is 1.14 bits per heavy atom. The molecule has 1 aliphatic heterocycles. The maximum absolute atomic E-state index is 11.4. The van der Waals surface area contributed by atoms with Gasteiger partial charge in [-0.3, -0.25) is 9.59 Å².